The molecule has 0 fully saturated rings. The Morgan fingerprint density at radius 3 is 1.83 bits per heavy atom. The Morgan fingerprint density at radius 2 is 1.37 bits per heavy atom. The van der Waals surface area contributed by atoms with Crippen molar-refractivity contribution >= 4 is 24.1 Å². The molecule has 0 spiro atoms. The number of hydrogen-bond acceptors (Lipinski definition) is 8. The summed E-state index contributed by atoms with van der Waals surface area (Å²) in [6.07, 6.45) is -1.11. The van der Waals surface area contributed by atoms with E-state index in [4.69, 9.17) is 18.9 Å². The molecular formula is C25H42N2O8. The number of ether oxygens (including phenoxy) is 4. The Bertz CT molecular complexity index is 735. The van der Waals surface area contributed by atoms with Crippen molar-refractivity contribution in [3.63, 3.8) is 0 Å². The molecule has 2 atom stereocenters. The van der Waals surface area contributed by atoms with Crippen molar-refractivity contribution in [1.82, 2.24) is 10.6 Å². The van der Waals surface area contributed by atoms with Gasteiger partial charge in [-0.2, -0.15) is 0 Å². The third-order valence-corrected chi connectivity index (χ3v) is 5.17. The molecule has 0 saturated heterocycles. The van der Waals surface area contributed by atoms with E-state index in [2.05, 4.69) is 23.8 Å². The van der Waals surface area contributed by atoms with Crippen molar-refractivity contribution in [3.05, 3.63) is 24.3 Å². The minimum Gasteiger partial charge on any atom is -0.450 e. The van der Waals surface area contributed by atoms with Gasteiger partial charge in [-0.15, -0.1) is 0 Å². The van der Waals surface area contributed by atoms with E-state index in [9.17, 15) is 19.2 Å². The predicted molar refractivity (Wildman–Crippen MR) is 131 cm³/mol. The number of amides is 2. The molecule has 0 aliphatic rings. The van der Waals surface area contributed by atoms with Gasteiger partial charge in [-0.3, -0.25) is 0 Å². The molecule has 0 aromatic rings. The monoisotopic (exact) mass is 498 g/mol. The third kappa shape index (κ3) is 13.4. The Kier molecular flexibility index (Phi) is 14.4. The normalized spacial score (nSPS) is 12.7. The zero-order valence-corrected chi connectivity index (χ0v) is 22.2. The van der Waals surface area contributed by atoms with E-state index in [0.717, 1.165) is 0 Å². The van der Waals surface area contributed by atoms with Crippen molar-refractivity contribution in [2.75, 3.05) is 19.8 Å². The summed E-state index contributed by atoms with van der Waals surface area (Å²) in [6, 6.07) is -0.595. The number of carbonyl (C=O) groups excluding carboxylic acids is 4. The second-order valence-electron chi connectivity index (χ2n) is 9.19. The second kappa shape index (κ2) is 15.8. The maximum Gasteiger partial charge on any atom is 0.407 e. The lowest BCUT2D eigenvalue weighted by molar-refractivity contribution is -0.185. The van der Waals surface area contributed by atoms with Crippen LogP contribution in [-0.2, 0) is 28.5 Å². The van der Waals surface area contributed by atoms with Crippen LogP contribution in [0.4, 0.5) is 9.59 Å². The minimum atomic E-state index is -1.28. The molecule has 0 radical (unpaired) electrons. The molecule has 10 nitrogen and oxygen atoms in total. The molecular weight excluding hydrogens is 456 g/mol. The zero-order valence-electron chi connectivity index (χ0n) is 22.2. The summed E-state index contributed by atoms with van der Waals surface area (Å²) < 4.78 is 20.6. The summed E-state index contributed by atoms with van der Waals surface area (Å²) in [5.74, 6) is -1.31. The lowest BCUT2D eigenvalue weighted by Gasteiger charge is -2.38. The largest absolute Gasteiger partial charge is 0.450 e. The highest BCUT2D eigenvalue weighted by Crippen LogP contribution is 2.34. The first-order chi connectivity index (χ1) is 16.2. The van der Waals surface area contributed by atoms with Gasteiger partial charge in [-0.25, -0.2) is 19.2 Å². The van der Waals surface area contributed by atoms with Crippen molar-refractivity contribution < 1.29 is 38.1 Å². The summed E-state index contributed by atoms with van der Waals surface area (Å²) in [5.41, 5.74) is -0.267. The maximum atomic E-state index is 12.3. The van der Waals surface area contributed by atoms with Crippen LogP contribution >= 0.6 is 0 Å². The van der Waals surface area contributed by atoms with Crippen LogP contribution < -0.4 is 10.6 Å². The predicted octanol–water partition coefficient (Wildman–Crippen LogP) is 4.24. The third-order valence-electron chi connectivity index (χ3n) is 5.17. The smallest absolute Gasteiger partial charge is 0.407 e. The number of nitrogens with one attached hydrogen (secondary N) is 2. The average molecular weight is 499 g/mol. The SMILES string of the molecule is C=C(C)C(=O)OC(CC(NC(=O)OCC)C(C)(C)CC(C)CCNC(=O)OCC)OC(=O)C(=C)C. The van der Waals surface area contributed by atoms with Gasteiger partial charge in [-0.1, -0.05) is 33.9 Å². The van der Waals surface area contributed by atoms with Gasteiger partial charge < -0.3 is 29.6 Å². The second-order valence-corrected chi connectivity index (χ2v) is 9.19. The van der Waals surface area contributed by atoms with Crippen LogP contribution in [0.5, 0.6) is 0 Å². The minimum absolute atomic E-state index is 0.0162. The number of esters is 2. The summed E-state index contributed by atoms with van der Waals surface area (Å²) >= 11 is 0. The fourth-order valence-electron chi connectivity index (χ4n) is 3.39. The van der Waals surface area contributed by atoms with Crippen LogP contribution in [0.2, 0.25) is 0 Å². The number of carbonyl (C=O) groups is 4. The first kappa shape index (κ1) is 32.0. The molecule has 2 N–H and O–H groups in total. The summed E-state index contributed by atoms with van der Waals surface area (Å²) in [7, 11) is 0. The van der Waals surface area contributed by atoms with E-state index in [1.165, 1.54) is 13.8 Å². The van der Waals surface area contributed by atoms with Crippen LogP contribution in [0.15, 0.2) is 24.3 Å². The molecule has 0 rings (SSSR count). The van der Waals surface area contributed by atoms with Crippen molar-refractivity contribution in [2.24, 2.45) is 11.3 Å². The van der Waals surface area contributed by atoms with Crippen LogP contribution in [0.25, 0.3) is 0 Å². The fraction of sp³-hybridized carbons (Fsp3) is 0.680. The summed E-state index contributed by atoms with van der Waals surface area (Å²) in [4.78, 5) is 48.1. The van der Waals surface area contributed by atoms with Crippen LogP contribution in [-0.4, -0.2) is 56.2 Å². The summed E-state index contributed by atoms with van der Waals surface area (Å²) in [5, 5.41) is 5.50. The Hall–Kier alpha value is -3.04. The van der Waals surface area contributed by atoms with Crippen molar-refractivity contribution in [2.45, 2.75) is 80.1 Å². The Morgan fingerprint density at radius 1 is 0.886 bits per heavy atom. The molecule has 0 bridgehead atoms. The quantitative estimate of drug-likeness (QED) is 0.148. The molecule has 0 heterocycles. The Labute approximate surface area is 208 Å². The van der Waals surface area contributed by atoms with Gasteiger partial charge in [0.2, 0.25) is 6.29 Å². The fourth-order valence-corrected chi connectivity index (χ4v) is 3.39. The molecule has 2 unspecified atom stereocenters. The van der Waals surface area contributed by atoms with Gasteiger partial charge >= 0.3 is 24.1 Å². The lowest BCUT2D eigenvalue weighted by atomic mass is 9.75. The zero-order chi connectivity index (χ0) is 27.2. The van der Waals surface area contributed by atoms with E-state index >= 15 is 0 Å². The molecule has 0 aliphatic carbocycles. The molecule has 0 aliphatic heterocycles. The molecule has 0 aromatic heterocycles. The van der Waals surface area contributed by atoms with E-state index < -0.39 is 41.9 Å². The van der Waals surface area contributed by atoms with E-state index in [1.807, 2.05) is 20.8 Å². The van der Waals surface area contributed by atoms with E-state index in [0.29, 0.717) is 26.0 Å². The highest BCUT2D eigenvalue weighted by molar-refractivity contribution is 5.88. The number of hydrogen-bond donors (Lipinski definition) is 2. The molecule has 200 valence electrons. The lowest BCUT2D eigenvalue weighted by Crippen LogP contribution is -2.49. The van der Waals surface area contributed by atoms with Gasteiger partial charge in [-0.05, 0) is 51.9 Å². The molecule has 0 aromatic carbocycles. The van der Waals surface area contributed by atoms with Gasteiger partial charge in [0, 0.05) is 30.2 Å². The highest BCUT2D eigenvalue weighted by Gasteiger charge is 2.37. The maximum absolute atomic E-state index is 12.3. The van der Waals surface area contributed by atoms with E-state index in [-0.39, 0.29) is 30.1 Å². The average Bonchev–Trinajstić information content (AvgIpc) is 2.72. The van der Waals surface area contributed by atoms with E-state index in [1.54, 1.807) is 13.8 Å². The van der Waals surface area contributed by atoms with Crippen molar-refractivity contribution in [3.8, 4) is 0 Å². The topological polar surface area (TPSA) is 129 Å². The molecule has 0 saturated carbocycles. The highest BCUT2D eigenvalue weighted by atomic mass is 16.7. The van der Waals surface area contributed by atoms with Crippen LogP contribution in [0, 0.1) is 11.3 Å². The van der Waals surface area contributed by atoms with Gasteiger partial charge in [0.25, 0.3) is 0 Å². The first-order valence-electron chi connectivity index (χ1n) is 11.8. The van der Waals surface area contributed by atoms with Gasteiger partial charge in [0.05, 0.1) is 13.2 Å². The van der Waals surface area contributed by atoms with Gasteiger partial charge in [0.1, 0.15) is 0 Å². The summed E-state index contributed by atoms with van der Waals surface area (Å²) in [6.45, 7) is 20.3. The van der Waals surface area contributed by atoms with Crippen LogP contribution in [0.3, 0.4) is 0 Å². The van der Waals surface area contributed by atoms with Gasteiger partial charge in [0.15, 0.2) is 0 Å². The van der Waals surface area contributed by atoms with Crippen LogP contribution in [0.1, 0.15) is 67.7 Å². The van der Waals surface area contributed by atoms with Crippen molar-refractivity contribution in [1.29, 1.82) is 0 Å². The molecule has 35 heavy (non-hydrogen) atoms. The molecule has 2 amide bonds. The number of alkyl carbamates (subject to hydrolysis) is 2. The molecule has 10 heteroatoms. The first-order valence-corrected chi connectivity index (χ1v) is 11.8. The number of rotatable bonds is 15. The standard InChI is InChI=1S/C25H42N2O8/c1-10-32-23(30)26-13-12-18(7)15-25(8,9)19(27-24(31)33-11-2)14-20(34-21(28)16(3)4)35-22(29)17(5)6/h18-20H,3,5,10-15H2,1-2,4,6-9H3,(H,26,30)(H,27,31). The Balaban J connectivity index is 5.60.